The van der Waals surface area contributed by atoms with Crippen LogP contribution in [0.25, 0.3) is 0 Å². The number of methoxy groups -OCH3 is 1. The highest BCUT2D eigenvalue weighted by atomic mass is 35.5. The first kappa shape index (κ1) is 15.7. The number of ether oxygens (including phenoxy) is 1. The Hall–Kier alpha value is -1.22. The second-order valence-electron chi connectivity index (χ2n) is 6.38. The molecule has 0 spiro atoms. The molecule has 4 heteroatoms. The highest BCUT2D eigenvalue weighted by Crippen LogP contribution is 2.43. The van der Waals surface area contributed by atoms with Crippen molar-refractivity contribution in [3.63, 3.8) is 0 Å². The van der Waals surface area contributed by atoms with Gasteiger partial charge in [0.2, 0.25) is 5.91 Å². The van der Waals surface area contributed by atoms with Crippen LogP contribution in [0.3, 0.4) is 0 Å². The molecule has 3 rings (SSSR count). The van der Waals surface area contributed by atoms with Crippen LogP contribution < -0.4 is 4.74 Å². The molecule has 1 amide bonds. The lowest BCUT2D eigenvalue weighted by molar-refractivity contribution is -0.133. The Morgan fingerprint density at radius 1 is 1.32 bits per heavy atom. The molecule has 0 saturated heterocycles. The van der Waals surface area contributed by atoms with Gasteiger partial charge in [-0.1, -0.05) is 25.3 Å². The number of hydrogen-bond donors (Lipinski definition) is 0. The van der Waals surface area contributed by atoms with Crippen molar-refractivity contribution in [2.24, 2.45) is 5.92 Å². The van der Waals surface area contributed by atoms with Crippen LogP contribution in [-0.4, -0.2) is 30.3 Å². The standard InChI is InChI=1S/C18H24ClNO2/c1-22-15-8-7-13-9-10-20(17(21)12-19)18(16(13)11-15)14-5-3-2-4-6-14/h7-8,11,14,18H,2-6,9-10,12H2,1H3. The zero-order valence-corrected chi connectivity index (χ0v) is 13.9. The summed E-state index contributed by atoms with van der Waals surface area (Å²) in [6.45, 7) is 0.784. The normalized spacial score (nSPS) is 22.3. The van der Waals surface area contributed by atoms with E-state index in [9.17, 15) is 4.79 Å². The van der Waals surface area contributed by atoms with E-state index in [1.807, 2.05) is 11.0 Å². The summed E-state index contributed by atoms with van der Waals surface area (Å²) in [5.74, 6) is 1.56. The van der Waals surface area contributed by atoms with Crippen molar-refractivity contribution < 1.29 is 9.53 Å². The van der Waals surface area contributed by atoms with E-state index in [0.29, 0.717) is 5.92 Å². The van der Waals surface area contributed by atoms with Crippen LogP contribution in [0.5, 0.6) is 5.75 Å². The summed E-state index contributed by atoms with van der Waals surface area (Å²) in [6, 6.07) is 6.48. The second kappa shape index (κ2) is 6.91. The largest absolute Gasteiger partial charge is 0.497 e. The minimum Gasteiger partial charge on any atom is -0.497 e. The summed E-state index contributed by atoms with van der Waals surface area (Å²) >= 11 is 5.86. The van der Waals surface area contributed by atoms with Crippen molar-refractivity contribution in [1.29, 1.82) is 0 Å². The Labute approximate surface area is 137 Å². The molecule has 1 aromatic rings. The molecule has 1 unspecified atom stereocenters. The molecule has 1 aliphatic carbocycles. The van der Waals surface area contributed by atoms with Gasteiger partial charge in [0.05, 0.1) is 13.2 Å². The smallest absolute Gasteiger partial charge is 0.238 e. The minimum atomic E-state index is 0.0608. The first-order valence-corrected chi connectivity index (χ1v) is 8.80. The average molecular weight is 322 g/mol. The lowest BCUT2D eigenvalue weighted by atomic mass is 9.77. The Kier molecular flexibility index (Phi) is 4.92. The number of carbonyl (C=O) groups excluding carboxylic acids is 1. The van der Waals surface area contributed by atoms with Gasteiger partial charge in [0, 0.05) is 6.54 Å². The number of nitrogens with zero attached hydrogens (tertiary/aromatic N) is 1. The van der Waals surface area contributed by atoms with E-state index in [-0.39, 0.29) is 17.8 Å². The molecule has 1 aromatic carbocycles. The minimum absolute atomic E-state index is 0.0608. The number of hydrogen-bond acceptors (Lipinski definition) is 2. The van der Waals surface area contributed by atoms with Crippen LogP contribution in [0.1, 0.15) is 49.3 Å². The van der Waals surface area contributed by atoms with E-state index in [2.05, 4.69) is 12.1 Å². The first-order valence-electron chi connectivity index (χ1n) is 8.27. The van der Waals surface area contributed by atoms with Gasteiger partial charge in [-0.2, -0.15) is 0 Å². The molecule has 3 nitrogen and oxygen atoms in total. The Bertz CT molecular complexity index is 540. The lowest BCUT2D eigenvalue weighted by Crippen LogP contribution is -2.44. The van der Waals surface area contributed by atoms with E-state index < -0.39 is 0 Å². The van der Waals surface area contributed by atoms with Crippen molar-refractivity contribution in [2.75, 3.05) is 19.5 Å². The van der Waals surface area contributed by atoms with Crippen molar-refractivity contribution in [3.8, 4) is 5.75 Å². The van der Waals surface area contributed by atoms with Crippen LogP contribution in [0.15, 0.2) is 18.2 Å². The number of amides is 1. The molecule has 1 fully saturated rings. The molecule has 1 saturated carbocycles. The van der Waals surface area contributed by atoms with Gasteiger partial charge in [0.25, 0.3) is 0 Å². The molecule has 1 heterocycles. The fourth-order valence-corrected chi connectivity index (χ4v) is 4.22. The van der Waals surface area contributed by atoms with Crippen molar-refractivity contribution in [2.45, 2.75) is 44.6 Å². The zero-order chi connectivity index (χ0) is 15.5. The number of alkyl halides is 1. The Balaban J connectivity index is 1.99. The summed E-state index contributed by atoms with van der Waals surface area (Å²) in [7, 11) is 1.70. The van der Waals surface area contributed by atoms with Gasteiger partial charge in [-0.15, -0.1) is 11.6 Å². The maximum Gasteiger partial charge on any atom is 0.238 e. The first-order chi connectivity index (χ1) is 10.7. The lowest BCUT2D eigenvalue weighted by Gasteiger charge is -2.43. The maximum atomic E-state index is 12.3. The maximum absolute atomic E-state index is 12.3. The van der Waals surface area contributed by atoms with Crippen LogP contribution in [0, 0.1) is 5.92 Å². The van der Waals surface area contributed by atoms with Crippen LogP contribution in [0.2, 0.25) is 0 Å². The molecule has 0 bridgehead atoms. The van der Waals surface area contributed by atoms with Gasteiger partial charge >= 0.3 is 0 Å². The molecular weight excluding hydrogens is 298 g/mol. The predicted octanol–water partition coefficient (Wildman–Crippen LogP) is 3.94. The summed E-state index contributed by atoms with van der Waals surface area (Å²) in [5, 5.41) is 0. The number of benzene rings is 1. The van der Waals surface area contributed by atoms with Gasteiger partial charge in [-0.25, -0.2) is 0 Å². The quantitative estimate of drug-likeness (QED) is 0.789. The summed E-state index contributed by atoms with van der Waals surface area (Å²) < 4.78 is 5.41. The summed E-state index contributed by atoms with van der Waals surface area (Å²) in [6.07, 6.45) is 7.16. The van der Waals surface area contributed by atoms with Gasteiger partial charge in [0.15, 0.2) is 0 Å². The molecule has 22 heavy (non-hydrogen) atoms. The van der Waals surface area contributed by atoms with E-state index in [4.69, 9.17) is 16.3 Å². The molecular formula is C18H24ClNO2. The fourth-order valence-electron chi connectivity index (χ4n) is 4.07. The van der Waals surface area contributed by atoms with E-state index in [0.717, 1.165) is 18.7 Å². The SMILES string of the molecule is COc1ccc2c(c1)C(C1CCCCC1)N(C(=O)CCl)CC2. The molecule has 1 aliphatic heterocycles. The van der Waals surface area contributed by atoms with Crippen LogP contribution in [-0.2, 0) is 11.2 Å². The third kappa shape index (κ3) is 2.96. The molecule has 120 valence electrons. The highest BCUT2D eigenvalue weighted by Gasteiger charge is 2.36. The molecule has 0 N–H and O–H groups in total. The van der Waals surface area contributed by atoms with Gasteiger partial charge < -0.3 is 9.64 Å². The monoisotopic (exact) mass is 321 g/mol. The van der Waals surface area contributed by atoms with Crippen LogP contribution in [0.4, 0.5) is 0 Å². The van der Waals surface area contributed by atoms with Crippen molar-refractivity contribution in [3.05, 3.63) is 29.3 Å². The second-order valence-corrected chi connectivity index (χ2v) is 6.65. The van der Waals surface area contributed by atoms with E-state index >= 15 is 0 Å². The van der Waals surface area contributed by atoms with E-state index in [1.54, 1.807) is 7.11 Å². The van der Waals surface area contributed by atoms with Gasteiger partial charge in [-0.05, 0) is 48.4 Å². The number of carbonyl (C=O) groups is 1. The number of rotatable bonds is 3. The fraction of sp³-hybridized carbons (Fsp3) is 0.611. The summed E-state index contributed by atoms with van der Waals surface area (Å²) in [5.41, 5.74) is 2.63. The topological polar surface area (TPSA) is 29.5 Å². The molecule has 1 atom stereocenters. The van der Waals surface area contributed by atoms with Crippen molar-refractivity contribution >= 4 is 17.5 Å². The Morgan fingerprint density at radius 3 is 2.77 bits per heavy atom. The molecule has 2 aliphatic rings. The number of fused-ring (bicyclic) bond motifs is 1. The predicted molar refractivity (Wildman–Crippen MR) is 88.4 cm³/mol. The number of halogens is 1. The summed E-state index contributed by atoms with van der Waals surface area (Å²) in [4.78, 5) is 14.4. The average Bonchev–Trinajstić information content (AvgIpc) is 2.60. The van der Waals surface area contributed by atoms with Crippen molar-refractivity contribution in [1.82, 2.24) is 4.90 Å². The Morgan fingerprint density at radius 2 is 2.09 bits per heavy atom. The molecule has 0 radical (unpaired) electrons. The molecule has 0 aromatic heterocycles. The van der Waals surface area contributed by atoms with Gasteiger partial charge in [0.1, 0.15) is 11.6 Å². The van der Waals surface area contributed by atoms with E-state index in [1.165, 1.54) is 43.2 Å². The van der Waals surface area contributed by atoms with Gasteiger partial charge in [-0.3, -0.25) is 4.79 Å². The highest BCUT2D eigenvalue weighted by molar-refractivity contribution is 6.27. The third-order valence-corrected chi connectivity index (χ3v) is 5.39. The third-order valence-electron chi connectivity index (χ3n) is 5.16. The van der Waals surface area contributed by atoms with Crippen LogP contribution >= 0.6 is 11.6 Å². The zero-order valence-electron chi connectivity index (χ0n) is 13.2.